The van der Waals surface area contributed by atoms with Crippen molar-refractivity contribution in [2.45, 2.75) is 57.6 Å². The topological polar surface area (TPSA) is 32.7 Å². The summed E-state index contributed by atoms with van der Waals surface area (Å²) in [5.41, 5.74) is 2.52. The molecule has 2 aliphatic rings. The molecule has 0 bridgehead atoms. The summed E-state index contributed by atoms with van der Waals surface area (Å²) < 4.78 is 5.97. The Labute approximate surface area is 127 Å². The maximum absolute atomic E-state index is 10.1. The van der Waals surface area contributed by atoms with Crippen molar-refractivity contribution in [1.29, 1.82) is 0 Å². The van der Waals surface area contributed by atoms with Gasteiger partial charge >= 0.3 is 0 Å². The fourth-order valence-corrected chi connectivity index (χ4v) is 3.85. The quantitative estimate of drug-likeness (QED) is 0.918. The predicted molar refractivity (Wildman–Crippen MR) is 84.6 cm³/mol. The summed E-state index contributed by atoms with van der Waals surface area (Å²) in [7, 11) is 0. The summed E-state index contributed by atoms with van der Waals surface area (Å²) in [6.07, 6.45) is 7.29. The Morgan fingerprint density at radius 3 is 3.05 bits per heavy atom. The Morgan fingerprint density at radius 1 is 1.29 bits per heavy atom. The van der Waals surface area contributed by atoms with Crippen molar-refractivity contribution in [2.75, 3.05) is 19.7 Å². The first-order chi connectivity index (χ1) is 10.3. The lowest BCUT2D eigenvalue weighted by atomic mass is 9.85. The van der Waals surface area contributed by atoms with Gasteiger partial charge in [-0.1, -0.05) is 19.1 Å². The number of likely N-dealkylation sites (tertiary alicyclic amines) is 1. The molecule has 3 rings (SSSR count). The number of ether oxygens (including phenoxy) is 1. The van der Waals surface area contributed by atoms with Crippen LogP contribution in [0.15, 0.2) is 18.2 Å². The molecule has 0 radical (unpaired) electrons. The van der Waals surface area contributed by atoms with E-state index in [1.54, 1.807) is 0 Å². The molecule has 1 aliphatic carbocycles. The number of hydrogen-bond acceptors (Lipinski definition) is 3. The largest absolute Gasteiger partial charge is 0.508 e. The molecule has 0 aromatic heterocycles. The van der Waals surface area contributed by atoms with Crippen molar-refractivity contribution in [3.63, 3.8) is 0 Å². The van der Waals surface area contributed by atoms with E-state index in [2.05, 4.69) is 17.9 Å². The van der Waals surface area contributed by atoms with Crippen LogP contribution in [0.2, 0.25) is 0 Å². The molecule has 1 heterocycles. The molecule has 0 spiro atoms. The van der Waals surface area contributed by atoms with E-state index < -0.39 is 0 Å². The van der Waals surface area contributed by atoms with Gasteiger partial charge in [0, 0.05) is 19.2 Å². The number of phenolic OH excluding ortho intramolecular Hbond substituents is 1. The standard InChI is InChI=1S/C18H27NO2/c1-2-12-21-14-6-5-11-19(13-14)17-9-3-8-16-15(17)7-4-10-18(16)20/h4,7,10,14,17,20H,2-3,5-6,8-9,11-13H2,1H3. The minimum absolute atomic E-state index is 0.390. The second-order valence-corrected chi connectivity index (χ2v) is 6.38. The Kier molecular flexibility index (Phi) is 4.81. The molecule has 1 aromatic rings. The van der Waals surface area contributed by atoms with E-state index in [4.69, 9.17) is 4.74 Å². The van der Waals surface area contributed by atoms with Crippen LogP contribution in [0, 0.1) is 0 Å². The van der Waals surface area contributed by atoms with Crippen LogP contribution < -0.4 is 0 Å². The minimum atomic E-state index is 0.390. The molecule has 1 saturated heterocycles. The number of phenols is 1. The molecule has 2 atom stereocenters. The van der Waals surface area contributed by atoms with Crippen LogP contribution in [0.1, 0.15) is 56.2 Å². The number of piperidine rings is 1. The highest BCUT2D eigenvalue weighted by Crippen LogP contribution is 2.39. The Hall–Kier alpha value is -1.06. The highest BCUT2D eigenvalue weighted by atomic mass is 16.5. The average Bonchev–Trinajstić information content (AvgIpc) is 2.53. The number of nitrogens with zero attached hydrogens (tertiary/aromatic N) is 1. The summed E-state index contributed by atoms with van der Waals surface area (Å²) in [4.78, 5) is 2.58. The van der Waals surface area contributed by atoms with Gasteiger partial charge in [0.1, 0.15) is 5.75 Å². The number of rotatable bonds is 4. The summed E-state index contributed by atoms with van der Waals surface area (Å²) in [5.74, 6) is 0.480. The van der Waals surface area contributed by atoms with Crippen molar-refractivity contribution in [3.05, 3.63) is 29.3 Å². The predicted octanol–water partition coefficient (Wildman–Crippen LogP) is 3.66. The van der Waals surface area contributed by atoms with Gasteiger partial charge in [0.15, 0.2) is 0 Å². The normalized spacial score (nSPS) is 26.5. The van der Waals surface area contributed by atoms with Crippen molar-refractivity contribution in [2.24, 2.45) is 0 Å². The minimum Gasteiger partial charge on any atom is -0.508 e. The van der Waals surface area contributed by atoms with Crippen LogP contribution in [0.4, 0.5) is 0 Å². The van der Waals surface area contributed by atoms with Crippen LogP contribution in [0.3, 0.4) is 0 Å². The van der Waals surface area contributed by atoms with E-state index in [0.29, 0.717) is 17.9 Å². The van der Waals surface area contributed by atoms with Gasteiger partial charge in [-0.25, -0.2) is 0 Å². The van der Waals surface area contributed by atoms with Gasteiger partial charge in [-0.2, -0.15) is 0 Å². The molecular formula is C18H27NO2. The van der Waals surface area contributed by atoms with Gasteiger partial charge in [-0.05, 0) is 62.3 Å². The zero-order valence-corrected chi connectivity index (χ0v) is 13.1. The lowest BCUT2D eigenvalue weighted by Gasteiger charge is -2.40. The van der Waals surface area contributed by atoms with Crippen LogP contribution >= 0.6 is 0 Å². The second kappa shape index (κ2) is 6.80. The third-order valence-electron chi connectivity index (χ3n) is 4.86. The van der Waals surface area contributed by atoms with Crippen LogP contribution in [0.5, 0.6) is 5.75 Å². The van der Waals surface area contributed by atoms with Crippen molar-refractivity contribution < 1.29 is 9.84 Å². The maximum Gasteiger partial charge on any atom is 0.119 e. The first-order valence-corrected chi connectivity index (χ1v) is 8.46. The van der Waals surface area contributed by atoms with E-state index in [-0.39, 0.29) is 0 Å². The van der Waals surface area contributed by atoms with Crippen LogP contribution in [0.25, 0.3) is 0 Å². The maximum atomic E-state index is 10.1. The van der Waals surface area contributed by atoms with Gasteiger partial charge < -0.3 is 9.84 Å². The zero-order valence-electron chi connectivity index (χ0n) is 13.1. The third-order valence-corrected chi connectivity index (χ3v) is 4.86. The molecule has 116 valence electrons. The lowest BCUT2D eigenvalue weighted by Crippen LogP contribution is -2.42. The van der Waals surface area contributed by atoms with E-state index in [9.17, 15) is 5.11 Å². The summed E-state index contributed by atoms with van der Waals surface area (Å²) in [5, 5.41) is 10.1. The molecule has 21 heavy (non-hydrogen) atoms. The molecule has 1 aromatic carbocycles. The smallest absolute Gasteiger partial charge is 0.119 e. The summed E-state index contributed by atoms with van der Waals surface area (Å²) in [6, 6.07) is 6.48. The van der Waals surface area contributed by atoms with Gasteiger partial charge in [-0.3, -0.25) is 4.90 Å². The zero-order chi connectivity index (χ0) is 14.7. The van der Waals surface area contributed by atoms with Crippen molar-refractivity contribution in [1.82, 2.24) is 4.90 Å². The molecule has 1 N–H and O–H groups in total. The molecule has 3 nitrogen and oxygen atoms in total. The number of benzene rings is 1. The van der Waals surface area contributed by atoms with E-state index in [0.717, 1.165) is 32.5 Å². The summed E-state index contributed by atoms with van der Waals surface area (Å²) >= 11 is 0. The molecule has 1 fully saturated rings. The van der Waals surface area contributed by atoms with Crippen LogP contribution in [-0.2, 0) is 11.2 Å². The van der Waals surface area contributed by atoms with Gasteiger partial charge in [-0.15, -0.1) is 0 Å². The Morgan fingerprint density at radius 2 is 2.19 bits per heavy atom. The summed E-state index contributed by atoms with van der Waals surface area (Å²) in [6.45, 7) is 5.24. The monoisotopic (exact) mass is 289 g/mol. The first-order valence-electron chi connectivity index (χ1n) is 8.46. The van der Waals surface area contributed by atoms with Crippen LogP contribution in [-0.4, -0.2) is 35.8 Å². The molecule has 0 amide bonds. The molecule has 0 saturated carbocycles. The van der Waals surface area contributed by atoms with Gasteiger partial charge in [0.05, 0.1) is 6.10 Å². The van der Waals surface area contributed by atoms with E-state index in [1.807, 2.05) is 12.1 Å². The second-order valence-electron chi connectivity index (χ2n) is 6.38. The molecule has 3 heteroatoms. The molecular weight excluding hydrogens is 262 g/mol. The first kappa shape index (κ1) is 14.9. The van der Waals surface area contributed by atoms with E-state index >= 15 is 0 Å². The highest BCUT2D eigenvalue weighted by Gasteiger charge is 2.31. The average molecular weight is 289 g/mol. The molecule has 1 aliphatic heterocycles. The van der Waals surface area contributed by atoms with Gasteiger partial charge in [0.2, 0.25) is 0 Å². The molecule has 2 unspecified atom stereocenters. The van der Waals surface area contributed by atoms with Crippen molar-refractivity contribution in [3.8, 4) is 5.75 Å². The number of fused-ring (bicyclic) bond motifs is 1. The fraction of sp³-hybridized carbons (Fsp3) is 0.667. The highest BCUT2D eigenvalue weighted by molar-refractivity contribution is 5.42. The third kappa shape index (κ3) is 3.24. The number of hydrogen-bond donors (Lipinski definition) is 1. The van der Waals surface area contributed by atoms with Gasteiger partial charge in [0.25, 0.3) is 0 Å². The Bertz CT molecular complexity index is 474. The Balaban J connectivity index is 1.74. The van der Waals surface area contributed by atoms with Crippen molar-refractivity contribution >= 4 is 0 Å². The van der Waals surface area contributed by atoms with E-state index in [1.165, 1.54) is 36.8 Å². The fourth-order valence-electron chi connectivity index (χ4n) is 3.85. The lowest BCUT2D eigenvalue weighted by molar-refractivity contribution is -0.0151. The number of aromatic hydroxyl groups is 1. The SMILES string of the molecule is CCCOC1CCCN(C2CCCc3c(O)cccc32)C1.